The van der Waals surface area contributed by atoms with Crippen molar-refractivity contribution in [2.75, 3.05) is 43.5 Å². The van der Waals surface area contributed by atoms with Gasteiger partial charge < -0.3 is 24.4 Å². The number of anilines is 1. The summed E-state index contributed by atoms with van der Waals surface area (Å²) in [7, 11) is -2.28. The Hall–Kier alpha value is -3.47. The molecule has 10 nitrogen and oxygen atoms in total. The van der Waals surface area contributed by atoms with E-state index in [4.69, 9.17) is 14.2 Å². The number of amides is 2. The maximum Gasteiger partial charge on any atom is 0.244 e. The molecule has 0 radical (unpaired) electrons. The molecule has 2 aromatic rings. The van der Waals surface area contributed by atoms with Crippen LogP contribution in [0.2, 0.25) is 0 Å². The zero-order valence-electron chi connectivity index (χ0n) is 21.7. The molecule has 0 fully saturated rings. The van der Waals surface area contributed by atoms with Crippen molar-refractivity contribution in [3.05, 3.63) is 48.0 Å². The maximum atomic E-state index is 13.8. The molecule has 1 heterocycles. The minimum atomic E-state index is -3.84. The quantitative estimate of drug-likeness (QED) is 0.446. The molecule has 0 saturated carbocycles. The summed E-state index contributed by atoms with van der Waals surface area (Å²) < 4.78 is 43.7. The van der Waals surface area contributed by atoms with Gasteiger partial charge in [0.2, 0.25) is 21.8 Å². The predicted molar refractivity (Wildman–Crippen MR) is 141 cm³/mol. The van der Waals surface area contributed by atoms with Crippen LogP contribution in [-0.2, 0) is 26.2 Å². The van der Waals surface area contributed by atoms with Gasteiger partial charge in [0.25, 0.3) is 0 Å². The van der Waals surface area contributed by atoms with Gasteiger partial charge in [-0.15, -0.1) is 0 Å². The molecule has 37 heavy (non-hydrogen) atoms. The number of carbonyl (C=O) groups excluding carboxylic acids is 2. The molecule has 0 bridgehead atoms. The topological polar surface area (TPSA) is 114 Å². The Kier molecular flexibility index (Phi) is 9.62. The number of nitrogens with zero attached hydrogens (tertiary/aromatic N) is 2. The Morgan fingerprint density at radius 1 is 1.03 bits per heavy atom. The smallest absolute Gasteiger partial charge is 0.244 e. The fourth-order valence-electron chi connectivity index (χ4n) is 4.05. The highest BCUT2D eigenvalue weighted by Gasteiger charge is 2.32. The van der Waals surface area contributed by atoms with Gasteiger partial charge in [-0.25, -0.2) is 8.42 Å². The number of rotatable bonds is 12. The second-order valence-electron chi connectivity index (χ2n) is 8.42. The summed E-state index contributed by atoms with van der Waals surface area (Å²) in [4.78, 5) is 28.1. The summed E-state index contributed by atoms with van der Waals surface area (Å²) in [5.41, 5.74) is 1.07. The van der Waals surface area contributed by atoms with Crippen molar-refractivity contribution in [1.82, 2.24) is 10.2 Å². The number of ether oxygens (including phenoxy) is 3. The van der Waals surface area contributed by atoms with Crippen LogP contribution >= 0.6 is 0 Å². The van der Waals surface area contributed by atoms with Crippen molar-refractivity contribution in [1.29, 1.82) is 0 Å². The highest BCUT2D eigenvalue weighted by molar-refractivity contribution is 7.92. The van der Waals surface area contributed by atoms with E-state index in [2.05, 4.69) is 5.32 Å². The molecule has 0 spiro atoms. The van der Waals surface area contributed by atoms with E-state index in [1.807, 2.05) is 19.1 Å². The Bertz CT molecular complexity index is 1190. The van der Waals surface area contributed by atoms with Gasteiger partial charge in [-0.05, 0) is 50.1 Å². The molecule has 0 aliphatic carbocycles. The molecular formula is C26H35N3O7S. The van der Waals surface area contributed by atoms with Crippen LogP contribution in [0.15, 0.2) is 42.5 Å². The van der Waals surface area contributed by atoms with E-state index >= 15 is 0 Å². The monoisotopic (exact) mass is 533 g/mol. The van der Waals surface area contributed by atoms with Crippen LogP contribution in [0.4, 0.5) is 5.69 Å². The van der Waals surface area contributed by atoms with Gasteiger partial charge in [-0.1, -0.05) is 19.1 Å². The summed E-state index contributed by atoms with van der Waals surface area (Å²) in [5.74, 6) is 0.587. The fraction of sp³-hybridized carbons (Fsp3) is 0.462. The summed E-state index contributed by atoms with van der Waals surface area (Å²) >= 11 is 0. The zero-order valence-corrected chi connectivity index (χ0v) is 22.5. The van der Waals surface area contributed by atoms with Crippen molar-refractivity contribution in [2.45, 2.75) is 39.8 Å². The zero-order chi connectivity index (χ0) is 27.0. The second kappa shape index (κ2) is 12.7. The Balaban J connectivity index is 1.96. The van der Waals surface area contributed by atoms with E-state index < -0.39 is 28.5 Å². The van der Waals surface area contributed by atoms with Gasteiger partial charge in [0, 0.05) is 19.2 Å². The molecule has 0 aromatic heterocycles. The van der Waals surface area contributed by atoms with Crippen LogP contribution in [0.3, 0.4) is 0 Å². The van der Waals surface area contributed by atoms with Crippen LogP contribution in [0.5, 0.6) is 17.2 Å². The van der Waals surface area contributed by atoms with Crippen LogP contribution in [0.1, 0.15) is 32.8 Å². The highest BCUT2D eigenvalue weighted by Crippen LogP contribution is 2.35. The van der Waals surface area contributed by atoms with Crippen molar-refractivity contribution in [2.24, 2.45) is 0 Å². The summed E-state index contributed by atoms with van der Waals surface area (Å²) in [6.07, 6.45) is 0.359. The van der Waals surface area contributed by atoms with E-state index in [1.165, 1.54) is 11.8 Å². The van der Waals surface area contributed by atoms with Crippen molar-refractivity contribution < 1.29 is 32.2 Å². The second-order valence-corrected chi connectivity index (χ2v) is 10.6. The predicted octanol–water partition coefficient (Wildman–Crippen LogP) is 2.57. The first-order chi connectivity index (χ1) is 17.7. The standard InChI is InChI=1S/C26H35N3O7S/c1-5-22(26(31)27-6-2)28(17-19-8-11-21(34-4)12-9-19)25(30)18-29(37(32,33)7-3)20-10-13-23-24(16-20)36-15-14-35-23/h8-13,16,22H,5-7,14-15,17-18H2,1-4H3,(H,27,31)/t22-/m0/s1. The van der Waals surface area contributed by atoms with E-state index in [0.717, 1.165) is 9.87 Å². The molecule has 1 atom stereocenters. The van der Waals surface area contributed by atoms with E-state index in [9.17, 15) is 18.0 Å². The highest BCUT2D eigenvalue weighted by atomic mass is 32.2. The van der Waals surface area contributed by atoms with Crippen molar-refractivity contribution in [3.63, 3.8) is 0 Å². The van der Waals surface area contributed by atoms with Gasteiger partial charge in [0.15, 0.2) is 11.5 Å². The Labute approximate surface area is 218 Å². The molecule has 0 unspecified atom stereocenters. The lowest BCUT2D eigenvalue weighted by Crippen LogP contribution is -2.52. The third-order valence-corrected chi connectivity index (χ3v) is 7.78. The number of fused-ring (bicyclic) bond motifs is 1. The normalized spacial score (nSPS) is 13.4. The lowest BCUT2D eigenvalue weighted by molar-refractivity contribution is -0.140. The van der Waals surface area contributed by atoms with Gasteiger partial charge in [-0.3, -0.25) is 13.9 Å². The number of sulfonamides is 1. The van der Waals surface area contributed by atoms with Crippen LogP contribution < -0.4 is 23.8 Å². The number of likely N-dealkylation sites (N-methyl/N-ethyl adjacent to an activating group) is 1. The lowest BCUT2D eigenvalue weighted by atomic mass is 10.1. The van der Waals surface area contributed by atoms with E-state index in [-0.39, 0.29) is 23.9 Å². The fourth-order valence-corrected chi connectivity index (χ4v) is 5.10. The molecule has 1 aliphatic rings. The minimum absolute atomic E-state index is 0.125. The summed E-state index contributed by atoms with van der Waals surface area (Å²) in [6.45, 7) is 5.95. The first-order valence-corrected chi connectivity index (χ1v) is 13.9. The minimum Gasteiger partial charge on any atom is -0.497 e. The van der Waals surface area contributed by atoms with E-state index in [1.54, 1.807) is 44.4 Å². The van der Waals surface area contributed by atoms with Crippen LogP contribution in [-0.4, -0.2) is 70.3 Å². The third-order valence-electron chi connectivity index (χ3n) is 6.04. The van der Waals surface area contributed by atoms with Crippen LogP contribution in [0, 0.1) is 0 Å². The number of benzene rings is 2. The first kappa shape index (κ1) is 28.1. The SMILES string of the molecule is CCNC(=O)[C@H](CC)N(Cc1ccc(OC)cc1)C(=O)CN(c1ccc2c(c1)OCCO2)S(=O)(=O)CC. The maximum absolute atomic E-state index is 13.8. The number of methoxy groups -OCH3 is 1. The van der Waals surface area contributed by atoms with Crippen molar-refractivity contribution in [3.8, 4) is 17.2 Å². The lowest BCUT2D eigenvalue weighted by Gasteiger charge is -2.33. The summed E-state index contributed by atoms with van der Waals surface area (Å²) in [6, 6.07) is 11.2. The largest absolute Gasteiger partial charge is 0.497 e. The van der Waals surface area contributed by atoms with Gasteiger partial charge in [-0.2, -0.15) is 0 Å². The Morgan fingerprint density at radius 3 is 2.30 bits per heavy atom. The molecular weight excluding hydrogens is 498 g/mol. The molecule has 0 saturated heterocycles. The molecule has 2 amide bonds. The third kappa shape index (κ3) is 6.85. The molecule has 1 aliphatic heterocycles. The van der Waals surface area contributed by atoms with Crippen molar-refractivity contribution >= 4 is 27.5 Å². The van der Waals surface area contributed by atoms with Gasteiger partial charge in [0.05, 0.1) is 18.6 Å². The van der Waals surface area contributed by atoms with Gasteiger partial charge >= 0.3 is 0 Å². The molecule has 11 heteroatoms. The van der Waals surface area contributed by atoms with Crippen LogP contribution in [0.25, 0.3) is 0 Å². The average molecular weight is 534 g/mol. The van der Waals surface area contributed by atoms with Gasteiger partial charge in [0.1, 0.15) is 31.5 Å². The number of hydrogen-bond acceptors (Lipinski definition) is 7. The number of nitrogens with one attached hydrogen (secondary N) is 1. The average Bonchev–Trinajstić information content (AvgIpc) is 2.91. The summed E-state index contributed by atoms with van der Waals surface area (Å²) in [5, 5.41) is 2.78. The molecule has 3 rings (SSSR count). The number of hydrogen-bond donors (Lipinski definition) is 1. The molecule has 1 N–H and O–H groups in total. The van der Waals surface area contributed by atoms with E-state index in [0.29, 0.717) is 43.4 Å². The Morgan fingerprint density at radius 2 is 1.70 bits per heavy atom. The molecule has 202 valence electrons. The number of carbonyl (C=O) groups is 2. The first-order valence-electron chi connectivity index (χ1n) is 12.3. The molecule has 2 aromatic carbocycles.